The number of hydrogen-bond donors (Lipinski definition) is 0. The van der Waals surface area contributed by atoms with Gasteiger partial charge in [-0.25, -0.2) is 4.79 Å². The Morgan fingerprint density at radius 2 is 1.75 bits per heavy atom. The van der Waals surface area contributed by atoms with E-state index < -0.39 is 0 Å². The molecule has 0 aliphatic heterocycles. The fraction of sp³-hybridized carbons (Fsp3) is 0.357. The van der Waals surface area contributed by atoms with Crippen molar-refractivity contribution in [2.45, 2.75) is 26.9 Å². The Hall–Kier alpha value is -1.75. The SMILES string of the molecule is CC(C)C#CC(C)OC(=O)c1ccccc1. The molecule has 84 valence electrons. The zero-order valence-corrected chi connectivity index (χ0v) is 9.86. The molecule has 0 aliphatic rings. The van der Waals surface area contributed by atoms with Crippen LogP contribution in [0.5, 0.6) is 0 Å². The first-order chi connectivity index (χ1) is 7.59. The van der Waals surface area contributed by atoms with Crippen molar-refractivity contribution < 1.29 is 9.53 Å². The van der Waals surface area contributed by atoms with E-state index in [0.29, 0.717) is 5.56 Å². The minimum Gasteiger partial charge on any atom is -0.446 e. The Balaban J connectivity index is 2.57. The summed E-state index contributed by atoms with van der Waals surface area (Å²) < 4.78 is 5.17. The molecule has 2 nitrogen and oxygen atoms in total. The largest absolute Gasteiger partial charge is 0.446 e. The summed E-state index contributed by atoms with van der Waals surface area (Å²) in [7, 11) is 0. The van der Waals surface area contributed by atoms with E-state index in [9.17, 15) is 4.79 Å². The molecule has 2 heteroatoms. The number of ether oxygens (including phenoxy) is 1. The first-order valence-corrected chi connectivity index (χ1v) is 5.36. The van der Waals surface area contributed by atoms with Crippen LogP contribution in [0.15, 0.2) is 30.3 Å². The van der Waals surface area contributed by atoms with Crippen molar-refractivity contribution in [1.82, 2.24) is 0 Å². The molecular formula is C14H16O2. The van der Waals surface area contributed by atoms with E-state index in [1.54, 1.807) is 31.2 Å². The highest BCUT2D eigenvalue weighted by Crippen LogP contribution is 2.03. The van der Waals surface area contributed by atoms with Gasteiger partial charge in [-0.15, -0.1) is 0 Å². The summed E-state index contributed by atoms with van der Waals surface area (Å²) in [5.41, 5.74) is 0.556. The highest BCUT2D eigenvalue weighted by atomic mass is 16.5. The average Bonchev–Trinajstić information content (AvgIpc) is 2.27. The summed E-state index contributed by atoms with van der Waals surface area (Å²) in [5.74, 6) is 5.83. The molecule has 0 aliphatic carbocycles. The van der Waals surface area contributed by atoms with Crippen LogP contribution in [0.1, 0.15) is 31.1 Å². The molecule has 1 rings (SSSR count). The molecule has 0 radical (unpaired) electrons. The van der Waals surface area contributed by atoms with Crippen LogP contribution in [0.2, 0.25) is 0 Å². The van der Waals surface area contributed by atoms with Gasteiger partial charge in [0.15, 0.2) is 6.10 Å². The van der Waals surface area contributed by atoms with Crippen LogP contribution in [0.25, 0.3) is 0 Å². The van der Waals surface area contributed by atoms with Gasteiger partial charge in [0.2, 0.25) is 0 Å². The highest BCUT2D eigenvalue weighted by Gasteiger charge is 2.08. The molecule has 1 unspecified atom stereocenters. The van der Waals surface area contributed by atoms with Gasteiger partial charge in [0, 0.05) is 5.92 Å². The molecule has 16 heavy (non-hydrogen) atoms. The van der Waals surface area contributed by atoms with Crippen molar-refractivity contribution in [3.8, 4) is 11.8 Å². The zero-order valence-electron chi connectivity index (χ0n) is 9.86. The zero-order chi connectivity index (χ0) is 12.0. The lowest BCUT2D eigenvalue weighted by molar-refractivity contribution is 0.0438. The van der Waals surface area contributed by atoms with Crippen LogP contribution in [-0.2, 0) is 4.74 Å². The summed E-state index contributed by atoms with van der Waals surface area (Å²) in [6, 6.07) is 8.93. The standard InChI is InChI=1S/C14H16O2/c1-11(2)9-10-12(3)16-14(15)13-7-5-4-6-8-13/h4-8,11-12H,1-3H3. The number of carbonyl (C=O) groups is 1. The summed E-state index contributed by atoms with van der Waals surface area (Å²) >= 11 is 0. The van der Waals surface area contributed by atoms with E-state index >= 15 is 0 Å². The summed E-state index contributed by atoms with van der Waals surface area (Å²) in [5, 5.41) is 0. The minimum absolute atomic E-state index is 0.290. The maximum absolute atomic E-state index is 11.6. The maximum atomic E-state index is 11.6. The quantitative estimate of drug-likeness (QED) is 0.561. The van der Waals surface area contributed by atoms with E-state index in [1.807, 2.05) is 19.9 Å². The van der Waals surface area contributed by atoms with Crippen LogP contribution >= 0.6 is 0 Å². The molecule has 1 atom stereocenters. The monoisotopic (exact) mass is 216 g/mol. The smallest absolute Gasteiger partial charge is 0.339 e. The van der Waals surface area contributed by atoms with E-state index in [2.05, 4.69) is 11.8 Å². The molecule has 0 saturated carbocycles. The van der Waals surface area contributed by atoms with Crippen LogP contribution in [-0.4, -0.2) is 12.1 Å². The minimum atomic E-state index is -0.366. The second-order valence-corrected chi connectivity index (χ2v) is 3.86. The molecule has 0 heterocycles. The van der Waals surface area contributed by atoms with Crippen LogP contribution in [0, 0.1) is 17.8 Å². The van der Waals surface area contributed by atoms with Crippen molar-refractivity contribution in [2.75, 3.05) is 0 Å². The molecular weight excluding hydrogens is 200 g/mol. The van der Waals surface area contributed by atoms with Gasteiger partial charge in [-0.05, 0) is 19.1 Å². The molecule has 1 aromatic carbocycles. The second kappa shape index (κ2) is 5.97. The Morgan fingerprint density at radius 1 is 1.12 bits per heavy atom. The van der Waals surface area contributed by atoms with Crippen molar-refractivity contribution in [2.24, 2.45) is 5.92 Å². The van der Waals surface area contributed by atoms with Gasteiger partial charge in [-0.2, -0.15) is 0 Å². The Labute approximate surface area is 96.6 Å². The molecule has 0 aromatic heterocycles. The molecule has 0 bridgehead atoms. The van der Waals surface area contributed by atoms with Crippen LogP contribution in [0.3, 0.4) is 0 Å². The van der Waals surface area contributed by atoms with Crippen molar-refractivity contribution >= 4 is 5.97 Å². The average molecular weight is 216 g/mol. The first-order valence-electron chi connectivity index (χ1n) is 5.36. The van der Waals surface area contributed by atoms with E-state index in [-0.39, 0.29) is 18.0 Å². The summed E-state index contributed by atoms with van der Waals surface area (Å²) in [4.78, 5) is 11.6. The van der Waals surface area contributed by atoms with Gasteiger partial charge in [0.1, 0.15) is 0 Å². The predicted molar refractivity (Wildman–Crippen MR) is 63.9 cm³/mol. The number of hydrogen-bond acceptors (Lipinski definition) is 2. The summed E-state index contributed by atoms with van der Waals surface area (Å²) in [6.07, 6.45) is -0.366. The van der Waals surface area contributed by atoms with Gasteiger partial charge in [0.25, 0.3) is 0 Å². The number of carbonyl (C=O) groups excluding carboxylic acids is 1. The molecule has 0 fully saturated rings. The first kappa shape index (κ1) is 12.3. The third kappa shape index (κ3) is 4.18. The van der Waals surface area contributed by atoms with Crippen LogP contribution in [0.4, 0.5) is 0 Å². The van der Waals surface area contributed by atoms with E-state index in [1.165, 1.54) is 0 Å². The summed E-state index contributed by atoms with van der Waals surface area (Å²) in [6.45, 7) is 5.77. The van der Waals surface area contributed by atoms with Gasteiger partial charge >= 0.3 is 5.97 Å². The topological polar surface area (TPSA) is 26.3 Å². The van der Waals surface area contributed by atoms with Gasteiger partial charge < -0.3 is 4.74 Å². The third-order valence-electron chi connectivity index (χ3n) is 1.87. The van der Waals surface area contributed by atoms with Gasteiger partial charge in [-0.3, -0.25) is 0 Å². The lowest BCUT2D eigenvalue weighted by Gasteiger charge is -2.07. The van der Waals surface area contributed by atoms with Gasteiger partial charge in [0.05, 0.1) is 5.56 Å². The number of esters is 1. The van der Waals surface area contributed by atoms with E-state index in [0.717, 1.165) is 0 Å². The number of benzene rings is 1. The maximum Gasteiger partial charge on any atom is 0.339 e. The molecule has 0 spiro atoms. The highest BCUT2D eigenvalue weighted by molar-refractivity contribution is 5.89. The fourth-order valence-electron chi connectivity index (χ4n) is 1.12. The van der Waals surface area contributed by atoms with Crippen molar-refractivity contribution in [1.29, 1.82) is 0 Å². The third-order valence-corrected chi connectivity index (χ3v) is 1.87. The van der Waals surface area contributed by atoms with E-state index in [4.69, 9.17) is 4.74 Å². The van der Waals surface area contributed by atoms with Gasteiger partial charge in [-0.1, -0.05) is 43.9 Å². The van der Waals surface area contributed by atoms with Crippen molar-refractivity contribution in [3.63, 3.8) is 0 Å². The normalized spacial score (nSPS) is 11.5. The van der Waals surface area contributed by atoms with Crippen molar-refractivity contribution in [3.05, 3.63) is 35.9 Å². The lowest BCUT2D eigenvalue weighted by Crippen LogP contribution is -2.13. The lowest BCUT2D eigenvalue weighted by atomic mass is 10.2. The molecule has 1 aromatic rings. The van der Waals surface area contributed by atoms with Crippen LogP contribution < -0.4 is 0 Å². The Kier molecular flexibility index (Phi) is 4.60. The molecule has 0 amide bonds. The second-order valence-electron chi connectivity index (χ2n) is 3.86. The molecule has 0 saturated heterocycles. The molecule has 0 N–H and O–H groups in total. The predicted octanol–water partition coefficient (Wildman–Crippen LogP) is 2.89. The fourth-order valence-corrected chi connectivity index (χ4v) is 1.12. The Morgan fingerprint density at radius 3 is 2.31 bits per heavy atom. The number of rotatable bonds is 2. The Bertz CT molecular complexity index is 396.